The third kappa shape index (κ3) is 1.30. The highest BCUT2D eigenvalue weighted by Crippen LogP contribution is 2.88. The summed E-state index contributed by atoms with van der Waals surface area (Å²) >= 11 is 0. The van der Waals surface area contributed by atoms with Crippen molar-refractivity contribution in [3.8, 4) is 0 Å². The predicted octanol–water partition coefficient (Wildman–Crippen LogP) is 6.88. The van der Waals surface area contributed by atoms with Gasteiger partial charge in [-0.05, 0) is 93.6 Å². The van der Waals surface area contributed by atoms with Crippen molar-refractivity contribution in [3.63, 3.8) is 0 Å². The minimum atomic E-state index is 0.215. The van der Waals surface area contributed by atoms with Crippen molar-refractivity contribution >= 4 is 0 Å². The van der Waals surface area contributed by atoms with Crippen LogP contribution in [0.15, 0.2) is 46.1 Å². The van der Waals surface area contributed by atoms with Crippen LogP contribution in [0.4, 0.5) is 0 Å². The van der Waals surface area contributed by atoms with Crippen LogP contribution in [0.25, 0.3) is 0 Å². The van der Waals surface area contributed by atoms with E-state index in [1.54, 1.807) is 11.1 Å². The van der Waals surface area contributed by atoms with Gasteiger partial charge in [-0.1, -0.05) is 55.2 Å². The predicted molar refractivity (Wildman–Crippen MR) is 124 cm³/mol. The molecule has 0 aromatic carbocycles. The van der Waals surface area contributed by atoms with E-state index in [2.05, 4.69) is 43.9 Å². The lowest BCUT2D eigenvalue weighted by atomic mass is 9.37. The lowest BCUT2D eigenvalue weighted by Gasteiger charge is -2.69. The smallest absolute Gasteiger partial charge is 0.0719 e. The quantitative estimate of drug-likeness (QED) is 0.310. The standard InChI is InChI=1S/C30H37N/c1-19-7-12-29-20(2)8-11-27(17-23(19)29)25(29,3)15-21-5-6-22-16-26-9-4-10-28(26)18-31(28)30(27,14-13-26)24(21)22/h5,13-14,20H,4,6-12,15-18H2,1-3H3. The zero-order chi connectivity index (χ0) is 20.6. The Balaban J connectivity index is 1.42. The van der Waals surface area contributed by atoms with Gasteiger partial charge in [0.25, 0.3) is 0 Å². The van der Waals surface area contributed by atoms with Crippen molar-refractivity contribution in [3.05, 3.63) is 46.1 Å². The molecular formula is C30H37N. The van der Waals surface area contributed by atoms with E-state index in [1.165, 1.54) is 77.2 Å². The molecule has 4 bridgehead atoms. The number of allylic oxidation sites excluding steroid dienone is 4. The van der Waals surface area contributed by atoms with Crippen LogP contribution in [-0.2, 0) is 0 Å². The van der Waals surface area contributed by atoms with Gasteiger partial charge in [0.2, 0.25) is 0 Å². The Kier molecular flexibility index (Phi) is 2.52. The lowest BCUT2D eigenvalue weighted by molar-refractivity contribution is -0.142. The van der Waals surface area contributed by atoms with Gasteiger partial charge in [0.05, 0.1) is 5.54 Å². The van der Waals surface area contributed by atoms with Crippen LogP contribution in [0.2, 0.25) is 0 Å². The first kappa shape index (κ1) is 17.4. The second kappa shape index (κ2) is 4.48. The average molecular weight is 412 g/mol. The zero-order valence-corrected chi connectivity index (χ0v) is 19.7. The second-order valence-electron chi connectivity index (χ2n) is 13.8. The van der Waals surface area contributed by atoms with Crippen LogP contribution in [-0.4, -0.2) is 22.5 Å². The molecule has 10 rings (SSSR count). The number of hydrogen-bond donors (Lipinski definition) is 0. The topological polar surface area (TPSA) is 3.01 Å². The maximum atomic E-state index is 3.16. The van der Waals surface area contributed by atoms with Crippen molar-refractivity contribution in [2.45, 2.75) is 102 Å². The SMILES string of the molecule is CC1=C2CC34CCC(C)C2(CC1)C3(C)CC1=CCC2=C1C41C=CC3(CCCC34CN41)C2. The van der Waals surface area contributed by atoms with E-state index in [0.717, 1.165) is 5.92 Å². The van der Waals surface area contributed by atoms with Crippen molar-refractivity contribution in [2.75, 3.05) is 6.54 Å². The van der Waals surface area contributed by atoms with Crippen LogP contribution in [0.3, 0.4) is 0 Å². The van der Waals surface area contributed by atoms with E-state index in [-0.39, 0.29) is 5.54 Å². The van der Waals surface area contributed by atoms with Crippen molar-refractivity contribution in [1.82, 2.24) is 4.90 Å². The molecule has 8 atom stereocenters. The summed E-state index contributed by atoms with van der Waals surface area (Å²) in [4.78, 5) is 3.16. The molecule has 0 N–H and O–H groups in total. The van der Waals surface area contributed by atoms with Gasteiger partial charge in [0.15, 0.2) is 0 Å². The van der Waals surface area contributed by atoms with Gasteiger partial charge in [-0.3, -0.25) is 4.90 Å². The van der Waals surface area contributed by atoms with Gasteiger partial charge < -0.3 is 0 Å². The molecule has 0 radical (unpaired) electrons. The zero-order valence-electron chi connectivity index (χ0n) is 19.7. The Morgan fingerprint density at radius 1 is 1.03 bits per heavy atom. The molecule has 8 unspecified atom stereocenters. The Bertz CT molecular complexity index is 1130. The summed E-state index contributed by atoms with van der Waals surface area (Å²) in [6.07, 6.45) is 24.0. The summed E-state index contributed by atoms with van der Waals surface area (Å²) in [6, 6.07) is 0. The summed E-state index contributed by atoms with van der Waals surface area (Å²) in [5.41, 5.74) is 11.8. The van der Waals surface area contributed by atoms with Crippen molar-refractivity contribution in [2.24, 2.45) is 27.6 Å². The fraction of sp³-hybridized carbons (Fsp3) is 0.733. The Labute approximate surface area is 187 Å². The molecule has 3 aliphatic heterocycles. The Morgan fingerprint density at radius 3 is 2.84 bits per heavy atom. The fourth-order valence-electron chi connectivity index (χ4n) is 12.7. The summed E-state index contributed by atoms with van der Waals surface area (Å²) in [5, 5.41) is 0. The van der Waals surface area contributed by atoms with Gasteiger partial charge in [-0.15, -0.1) is 0 Å². The third-order valence-corrected chi connectivity index (χ3v) is 13.8. The third-order valence-electron chi connectivity index (χ3n) is 13.8. The molecule has 5 fully saturated rings. The Morgan fingerprint density at radius 2 is 1.94 bits per heavy atom. The summed E-state index contributed by atoms with van der Waals surface area (Å²) in [5.74, 6) is 0.857. The second-order valence-corrected chi connectivity index (χ2v) is 13.8. The highest BCUT2D eigenvalue weighted by atomic mass is 15.4. The molecule has 4 spiro atoms. The van der Waals surface area contributed by atoms with Gasteiger partial charge in [0.1, 0.15) is 0 Å². The summed E-state index contributed by atoms with van der Waals surface area (Å²) < 4.78 is 0. The van der Waals surface area contributed by atoms with Crippen LogP contribution in [0, 0.1) is 27.6 Å². The van der Waals surface area contributed by atoms with E-state index >= 15 is 0 Å². The first-order valence-electron chi connectivity index (χ1n) is 13.5. The van der Waals surface area contributed by atoms with Gasteiger partial charge in [0, 0.05) is 28.3 Å². The van der Waals surface area contributed by atoms with E-state index in [1.807, 2.05) is 16.7 Å². The molecule has 1 nitrogen and oxygen atoms in total. The minimum absolute atomic E-state index is 0.215. The first-order valence-corrected chi connectivity index (χ1v) is 13.5. The molecule has 1 saturated heterocycles. The van der Waals surface area contributed by atoms with Gasteiger partial charge in [-0.25, -0.2) is 0 Å². The average Bonchev–Trinajstić information content (AvgIpc) is 3.08. The highest BCUT2D eigenvalue weighted by molar-refractivity contribution is 5.66. The van der Waals surface area contributed by atoms with Crippen LogP contribution in [0.1, 0.15) is 91.4 Å². The minimum Gasteiger partial charge on any atom is -0.280 e. The lowest BCUT2D eigenvalue weighted by Crippen LogP contribution is -2.68. The molecule has 31 heavy (non-hydrogen) atoms. The maximum absolute atomic E-state index is 3.16. The molecule has 10 aliphatic rings. The van der Waals surface area contributed by atoms with E-state index < -0.39 is 0 Å². The largest absolute Gasteiger partial charge is 0.280 e. The Hall–Kier alpha value is -1.08. The van der Waals surface area contributed by atoms with Crippen LogP contribution in [0.5, 0.6) is 0 Å². The molecule has 0 aromatic rings. The van der Waals surface area contributed by atoms with Crippen LogP contribution < -0.4 is 0 Å². The fourth-order valence-corrected chi connectivity index (χ4v) is 12.7. The highest BCUT2D eigenvalue weighted by Gasteiger charge is 2.86. The monoisotopic (exact) mass is 411 g/mol. The summed E-state index contributed by atoms with van der Waals surface area (Å²) in [7, 11) is 0. The molecule has 3 heterocycles. The molecule has 0 aromatic heterocycles. The van der Waals surface area contributed by atoms with Crippen molar-refractivity contribution < 1.29 is 0 Å². The molecular weight excluding hydrogens is 374 g/mol. The first-order chi connectivity index (χ1) is 14.9. The maximum Gasteiger partial charge on any atom is 0.0719 e. The van der Waals surface area contributed by atoms with E-state index in [0.29, 0.717) is 27.2 Å². The van der Waals surface area contributed by atoms with Gasteiger partial charge in [-0.2, -0.15) is 0 Å². The molecule has 1 heteroatoms. The summed E-state index contributed by atoms with van der Waals surface area (Å²) in [6.45, 7) is 9.35. The molecule has 4 saturated carbocycles. The number of nitrogens with zero attached hydrogens (tertiary/aromatic N) is 1. The normalized spacial score (nSPS) is 61.1. The van der Waals surface area contributed by atoms with Crippen molar-refractivity contribution in [1.29, 1.82) is 0 Å². The molecule has 0 amide bonds. The number of hydrogen-bond acceptors (Lipinski definition) is 1. The molecule has 7 aliphatic carbocycles. The molecule has 162 valence electrons. The van der Waals surface area contributed by atoms with E-state index in [4.69, 9.17) is 0 Å². The van der Waals surface area contributed by atoms with Gasteiger partial charge >= 0.3 is 0 Å². The van der Waals surface area contributed by atoms with E-state index in [9.17, 15) is 0 Å². The number of rotatable bonds is 0. The van der Waals surface area contributed by atoms with Crippen LogP contribution >= 0.6 is 0 Å².